The zero-order chi connectivity index (χ0) is 14.7. The number of nitro benzene ring substituents is 1. The molecule has 0 heterocycles. The van der Waals surface area contributed by atoms with Gasteiger partial charge in [0.2, 0.25) is 5.75 Å². The van der Waals surface area contributed by atoms with E-state index in [1.807, 2.05) is 0 Å². The van der Waals surface area contributed by atoms with Gasteiger partial charge in [0.1, 0.15) is 11.6 Å². The molecule has 2 rings (SSSR count). The molecule has 5 nitrogen and oxygen atoms in total. The summed E-state index contributed by atoms with van der Waals surface area (Å²) in [5.41, 5.74) is -0.984. The first-order valence-corrected chi connectivity index (χ1v) is 5.39. The Kier molecular flexibility index (Phi) is 3.69. The van der Waals surface area contributed by atoms with Crippen LogP contribution >= 0.6 is 0 Å². The van der Waals surface area contributed by atoms with Crippen LogP contribution in [-0.4, -0.2) is 10.9 Å². The maximum absolute atomic E-state index is 13.4. The van der Waals surface area contributed by atoms with Crippen LogP contribution in [0, 0.1) is 21.7 Å². The lowest BCUT2D eigenvalue weighted by Gasteiger charge is -2.05. The Hall–Kier alpha value is -2.83. The van der Waals surface area contributed by atoms with E-state index < -0.39 is 39.5 Å². The van der Waals surface area contributed by atoms with Crippen molar-refractivity contribution < 1.29 is 23.2 Å². The third kappa shape index (κ3) is 2.77. The average Bonchev–Trinajstić information content (AvgIpc) is 2.38. The van der Waals surface area contributed by atoms with Crippen molar-refractivity contribution in [2.24, 2.45) is 0 Å². The highest BCUT2D eigenvalue weighted by Gasteiger charge is 2.21. The van der Waals surface area contributed by atoms with Gasteiger partial charge in [-0.2, -0.15) is 0 Å². The molecule has 0 amide bonds. The van der Waals surface area contributed by atoms with Gasteiger partial charge >= 0.3 is 11.7 Å². The Morgan fingerprint density at radius 2 is 1.85 bits per heavy atom. The number of nitro groups is 1. The van der Waals surface area contributed by atoms with E-state index in [2.05, 4.69) is 0 Å². The molecule has 0 unspecified atom stereocenters. The molecule has 0 bridgehead atoms. The smallest absolute Gasteiger partial charge is 0.346 e. The standard InChI is InChI=1S/C13H7F2NO4/c14-8-5-6-11(16(18)19)12(7-8)20-13(17)9-3-1-2-4-10(9)15/h1-7H. The largest absolute Gasteiger partial charge is 0.415 e. The van der Waals surface area contributed by atoms with E-state index in [0.29, 0.717) is 6.07 Å². The van der Waals surface area contributed by atoms with Gasteiger partial charge < -0.3 is 4.74 Å². The van der Waals surface area contributed by atoms with Crippen molar-refractivity contribution in [3.63, 3.8) is 0 Å². The van der Waals surface area contributed by atoms with Crippen LogP contribution in [0.25, 0.3) is 0 Å². The van der Waals surface area contributed by atoms with E-state index in [1.54, 1.807) is 0 Å². The highest BCUT2D eigenvalue weighted by Crippen LogP contribution is 2.28. The Morgan fingerprint density at radius 3 is 2.50 bits per heavy atom. The summed E-state index contributed by atoms with van der Waals surface area (Å²) in [5, 5.41) is 10.7. The summed E-state index contributed by atoms with van der Waals surface area (Å²) in [6.07, 6.45) is 0. The highest BCUT2D eigenvalue weighted by atomic mass is 19.1. The molecule has 0 aliphatic carbocycles. The SMILES string of the molecule is O=C(Oc1cc(F)ccc1[N+](=O)[O-])c1ccccc1F. The Bertz CT molecular complexity index is 688. The molecule has 0 saturated heterocycles. The zero-order valence-electron chi connectivity index (χ0n) is 9.88. The van der Waals surface area contributed by atoms with Crippen molar-refractivity contribution in [1.82, 2.24) is 0 Å². The van der Waals surface area contributed by atoms with Gasteiger partial charge in [-0.25, -0.2) is 13.6 Å². The number of nitrogens with zero attached hydrogens (tertiary/aromatic N) is 1. The second kappa shape index (κ2) is 5.43. The van der Waals surface area contributed by atoms with Crippen LogP contribution in [0.3, 0.4) is 0 Å². The number of hydrogen-bond acceptors (Lipinski definition) is 4. The van der Waals surface area contributed by atoms with Crippen molar-refractivity contribution >= 4 is 11.7 Å². The Labute approximate surface area is 111 Å². The summed E-state index contributed by atoms with van der Waals surface area (Å²) in [7, 11) is 0. The number of carbonyl (C=O) groups is 1. The molecule has 0 spiro atoms. The van der Waals surface area contributed by atoms with Gasteiger partial charge in [-0.15, -0.1) is 0 Å². The third-order valence-electron chi connectivity index (χ3n) is 2.41. The Balaban J connectivity index is 2.35. The van der Waals surface area contributed by atoms with Crippen LogP contribution in [0.4, 0.5) is 14.5 Å². The number of benzene rings is 2. The number of ether oxygens (including phenoxy) is 1. The summed E-state index contributed by atoms with van der Waals surface area (Å²) < 4.78 is 31.1. The maximum Gasteiger partial charge on any atom is 0.346 e. The summed E-state index contributed by atoms with van der Waals surface area (Å²) >= 11 is 0. The lowest BCUT2D eigenvalue weighted by molar-refractivity contribution is -0.385. The molecule has 0 N–H and O–H groups in total. The molecule has 20 heavy (non-hydrogen) atoms. The van der Waals surface area contributed by atoms with Gasteiger partial charge in [-0.3, -0.25) is 10.1 Å². The van der Waals surface area contributed by atoms with Crippen molar-refractivity contribution in [2.75, 3.05) is 0 Å². The first-order chi connectivity index (χ1) is 9.49. The third-order valence-corrected chi connectivity index (χ3v) is 2.41. The molecule has 2 aromatic rings. The number of esters is 1. The van der Waals surface area contributed by atoms with E-state index >= 15 is 0 Å². The van der Waals surface area contributed by atoms with Gasteiger partial charge in [0.25, 0.3) is 0 Å². The molecule has 0 aliphatic heterocycles. The highest BCUT2D eigenvalue weighted by molar-refractivity contribution is 5.91. The quantitative estimate of drug-likeness (QED) is 0.374. The molecule has 7 heteroatoms. The molecule has 0 aromatic heterocycles. The van der Waals surface area contributed by atoms with E-state index in [-0.39, 0.29) is 0 Å². The second-order valence-corrected chi connectivity index (χ2v) is 3.74. The van der Waals surface area contributed by atoms with E-state index in [1.165, 1.54) is 12.1 Å². The fourth-order valence-electron chi connectivity index (χ4n) is 1.50. The topological polar surface area (TPSA) is 69.4 Å². The van der Waals surface area contributed by atoms with Gasteiger partial charge in [-0.05, 0) is 18.2 Å². The van der Waals surface area contributed by atoms with Crippen LogP contribution in [-0.2, 0) is 0 Å². The summed E-state index contributed by atoms with van der Waals surface area (Å²) in [6.45, 7) is 0. The second-order valence-electron chi connectivity index (χ2n) is 3.74. The van der Waals surface area contributed by atoms with Crippen molar-refractivity contribution in [1.29, 1.82) is 0 Å². The van der Waals surface area contributed by atoms with Gasteiger partial charge in [0, 0.05) is 12.1 Å². The maximum atomic E-state index is 13.4. The van der Waals surface area contributed by atoms with Gasteiger partial charge in [-0.1, -0.05) is 12.1 Å². The average molecular weight is 279 g/mol. The first kappa shape index (κ1) is 13.6. The summed E-state index contributed by atoms with van der Waals surface area (Å²) in [6, 6.07) is 7.38. The van der Waals surface area contributed by atoms with Crippen LogP contribution in [0.15, 0.2) is 42.5 Å². The minimum absolute atomic E-state index is 0.397. The van der Waals surface area contributed by atoms with E-state index in [0.717, 1.165) is 24.3 Å². The molecule has 0 saturated carbocycles. The van der Waals surface area contributed by atoms with Crippen LogP contribution < -0.4 is 4.74 Å². The molecule has 0 atom stereocenters. The fraction of sp³-hybridized carbons (Fsp3) is 0. The number of hydrogen-bond donors (Lipinski definition) is 0. The minimum atomic E-state index is -1.14. The van der Waals surface area contributed by atoms with Crippen LogP contribution in [0.1, 0.15) is 10.4 Å². The zero-order valence-corrected chi connectivity index (χ0v) is 9.88. The van der Waals surface area contributed by atoms with Crippen molar-refractivity contribution in [3.8, 4) is 5.75 Å². The number of halogens is 2. The van der Waals surface area contributed by atoms with Crippen molar-refractivity contribution in [3.05, 3.63) is 69.8 Å². The fourth-order valence-corrected chi connectivity index (χ4v) is 1.50. The monoisotopic (exact) mass is 279 g/mol. The van der Waals surface area contributed by atoms with Gasteiger partial charge in [0.15, 0.2) is 0 Å². The molecule has 0 radical (unpaired) electrons. The lowest BCUT2D eigenvalue weighted by Crippen LogP contribution is -2.11. The lowest BCUT2D eigenvalue weighted by atomic mass is 10.2. The first-order valence-electron chi connectivity index (χ1n) is 5.39. The minimum Gasteiger partial charge on any atom is -0.415 e. The molecular formula is C13H7F2NO4. The number of rotatable bonds is 3. The predicted molar refractivity (Wildman–Crippen MR) is 64.4 cm³/mol. The summed E-state index contributed by atoms with van der Waals surface area (Å²) in [5.74, 6) is -3.37. The van der Waals surface area contributed by atoms with Crippen LogP contribution in [0.2, 0.25) is 0 Å². The molecule has 0 aliphatic rings. The van der Waals surface area contributed by atoms with E-state index in [9.17, 15) is 23.7 Å². The molecule has 0 fully saturated rings. The molecule has 102 valence electrons. The van der Waals surface area contributed by atoms with Crippen molar-refractivity contribution in [2.45, 2.75) is 0 Å². The van der Waals surface area contributed by atoms with E-state index in [4.69, 9.17) is 4.74 Å². The predicted octanol–water partition coefficient (Wildman–Crippen LogP) is 3.09. The summed E-state index contributed by atoms with van der Waals surface area (Å²) in [4.78, 5) is 21.6. The Morgan fingerprint density at radius 1 is 1.15 bits per heavy atom. The molecule has 2 aromatic carbocycles. The molecular weight excluding hydrogens is 272 g/mol. The number of carbonyl (C=O) groups excluding carboxylic acids is 1. The van der Waals surface area contributed by atoms with Gasteiger partial charge in [0.05, 0.1) is 10.5 Å². The van der Waals surface area contributed by atoms with Crippen LogP contribution in [0.5, 0.6) is 5.75 Å². The normalized spacial score (nSPS) is 10.1.